The van der Waals surface area contributed by atoms with Crippen LogP contribution in [0.3, 0.4) is 0 Å². The molecule has 2 N–H and O–H groups in total. The molecule has 2 rings (SSSR count). The van der Waals surface area contributed by atoms with E-state index >= 15 is 0 Å². The minimum atomic E-state index is -3.95. The minimum absolute atomic E-state index is 0.000407. The molecule has 0 saturated carbocycles. The number of amides is 2. The Labute approximate surface area is 233 Å². The highest BCUT2D eigenvalue weighted by Gasteiger charge is 2.31. The van der Waals surface area contributed by atoms with Crippen molar-refractivity contribution >= 4 is 36.9 Å². The van der Waals surface area contributed by atoms with Crippen LogP contribution in [0.25, 0.3) is 0 Å². The van der Waals surface area contributed by atoms with Gasteiger partial charge in [0.05, 0.1) is 10.9 Å². The maximum absolute atomic E-state index is 12.6. The number of hydrogen-bond acceptors (Lipinski definition) is 5. The van der Waals surface area contributed by atoms with Crippen molar-refractivity contribution in [2.24, 2.45) is 0 Å². The Kier molecular flexibility index (Phi) is 16.1. The monoisotopic (exact) mass is 567 g/mol. The lowest BCUT2D eigenvalue weighted by Crippen LogP contribution is -2.42. The Morgan fingerprint density at radius 2 is 1.34 bits per heavy atom. The van der Waals surface area contributed by atoms with Crippen molar-refractivity contribution in [3.05, 3.63) is 24.3 Å². The molecule has 2 amide bonds. The summed E-state index contributed by atoms with van der Waals surface area (Å²) in [6.45, 7) is 3.01. The number of hydrogen-bond donors (Lipinski definition) is 2. The molecular formula is C29H50N3O4PS. The molecule has 1 heterocycles. The molecule has 216 valence electrons. The van der Waals surface area contributed by atoms with Gasteiger partial charge >= 0.3 is 0 Å². The van der Waals surface area contributed by atoms with Gasteiger partial charge in [-0.3, -0.25) is 14.3 Å². The van der Waals surface area contributed by atoms with Crippen LogP contribution in [0.1, 0.15) is 122 Å². The lowest BCUT2D eigenvalue weighted by Gasteiger charge is -2.18. The highest BCUT2D eigenvalue weighted by molar-refractivity contribution is 7.90. The summed E-state index contributed by atoms with van der Waals surface area (Å²) < 4.78 is 29.1. The number of carbonyl (C=O) groups excluding carboxylic acids is 2. The van der Waals surface area contributed by atoms with Gasteiger partial charge in [-0.2, -0.15) is 0 Å². The van der Waals surface area contributed by atoms with Gasteiger partial charge in [-0.15, -0.1) is 0 Å². The van der Waals surface area contributed by atoms with Crippen molar-refractivity contribution in [3.63, 3.8) is 0 Å². The first-order valence-corrected chi connectivity index (χ1v) is 16.8. The minimum Gasteiger partial charge on any atom is -0.326 e. The van der Waals surface area contributed by atoms with Gasteiger partial charge in [0, 0.05) is 18.7 Å². The molecule has 7 nitrogen and oxygen atoms in total. The van der Waals surface area contributed by atoms with Crippen LogP contribution in [-0.4, -0.2) is 37.5 Å². The fourth-order valence-electron chi connectivity index (χ4n) is 4.93. The number of carbonyl (C=O) groups is 2. The summed E-state index contributed by atoms with van der Waals surface area (Å²) in [7, 11) is -1.48. The number of nitrogens with zero attached hydrogens (tertiary/aromatic N) is 1. The molecule has 1 aromatic carbocycles. The van der Waals surface area contributed by atoms with Crippen LogP contribution in [0.2, 0.25) is 0 Å². The second kappa shape index (κ2) is 18.7. The van der Waals surface area contributed by atoms with E-state index in [2.05, 4.69) is 26.4 Å². The second-order valence-corrected chi connectivity index (χ2v) is 13.0. The van der Waals surface area contributed by atoms with E-state index in [-0.39, 0.29) is 10.8 Å². The van der Waals surface area contributed by atoms with E-state index in [1.165, 1.54) is 95.6 Å². The molecule has 38 heavy (non-hydrogen) atoms. The zero-order valence-electron chi connectivity index (χ0n) is 23.4. The third kappa shape index (κ3) is 13.0. The third-order valence-corrected chi connectivity index (χ3v) is 9.27. The van der Waals surface area contributed by atoms with Crippen LogP contribution in [0, 0.1) is 0 Å². The molecular weight excluding hydrogens is 517 g/mol. The molecule has 1 aliphatic rings. The van der Waals surface area contributed by atoms with E-state index in [1.54, 1.807) is 16.8 Å². The van der Waals surface area contributed by atoms with Crippen LogP contribution >= 0.6 is 9.39 Å². The first-order chi connectivity index (χ1) is 18.3. The summed E-state index contributed by atoms with van der Waals surface area (Å²) >= 11 is 0. The lowest BCUT2D eigenvalue weighted by molar-refractivity contribution is -0.122. The van der Waals surface area contributed by atoms with E-state index in [0.717, 1.165) is 25.8 Å². The Hall–Kier alpha value is -1.50. The molecule has 1 aliphatic heterocycles. The molecule has 1 fully saturated rings. The number of benzene rings is 1. The highest BCUT2D eigenvalue weighted by atomic mass is 32.2. The Morgan fingerprint density at radius 3 is 1.82 bits per heavy atom. The van der Waals surface area contributed by atoms with Crippen LogP contribution in [0.4, 0.5) is 5.69 Å². The van der Waals surface area contributed by atoms with Gasteiger partial charge in [-0.25, -0.2) is 13.1 Å². The summed E-state index contributed by atoms with van der Waals surface area (Å²) in [5.41, 5.74) is 0.549. The van der Waals surface area contributed by atoms with Gasteiger partial charge in [0.2, 0.25) is 5.91 Å². The molecule has 9 heteroatoms. The number of rotatable bonds is 20. The van der Waals surface area contributed by atoms with Crippen LogP contribution < -0.4 is 10.0 Å². The largest absolute Gasteiger partial charge is 0.326 e. The second-order valence-electron chi connectivity index (χ2n) is 10.6. The molecule has 2 atom stereocenters. The zero-order chi connectivity index (χ0) is 27.6. The number of sulfonamides is 1. The molecule has 1 aromatic rings. The molecule has 0 radical (unpaired) electrons. The van der Waals surface area contributed by atoms with Crippen LogP contribution in [-0.2, 0) is 19.6 Å². The molecule has 0 bridgehead atoms. The smallest absolute Gasteiger partial charge is 0.264 e. The highest BCUT2D eigenvalue weighted by Crippen LogP contribution is 2.22. The summed E-state index contributed by atoms with van der Waals surface area (Å²) in [6.07, 6.45) is 21.3. The average Bonchev–Trinajstić information content (AvgIpc) is 3.32. The first-order valence-electron chi connectivity index (χ1n) is 14.8. The van der Waals surface area contributed by atoms with Crippen molar-refractivity contribution in [1.82, 2.24) is 9.39 Å². The topological polar surface area (TPSA) is 95.6 Å². The van der Waals surface area contributed by atoms with Crippen LogP contribution in [0.5, 0.6) is 0 Å². The van der Waals surface area contributed by atoms with Gasteiger partial charge in [-0.1, -0.05) is 106 Å². The van der Waals surface area contributed by atoms with Crippen molar-refractivity contribution < 1.29 is 18.0 Å². The van der Waals surface area contributed by atoms with E-state index in [0.29, 0.717) is 18.5 Å². The van der Waals surface area contributed by atoms with Crippen molar-refractivity contribution in [2.45, 2.75) is 133 Å². The maximum atomic E-state index is 12.6. The van der Waals surface area contributed by atoms with Crippen molar-refractivity contribution in [3.8, 4) is 0 Å². The molecule has 1 unspecified atom stereocenters. The number of unbranched alkanes of at least 4 members (excludes halogenated alkanes) is 14. The zero-order valence-corrected chi connectivity index (χ0v) is 25.4. The van der Waals surface area contributed by atoms with Gasteiger partial charge in [0.1, 0.15) is 0 Å². The van der Waals surface area contributed by atoms with Gasteiger partial charge in [-0.05, 0) is 43.5 Å². The maximum Gasteiger partial charge on any atom is 0.264 e. The average molecular weight is 568 g/mol. The molecule has 0 spiro atoms. The molecule has 0 aromatic heterocycles. The normalized spacial score (nSPS) is 16.0. The Bertz CT molecular complexity index is 924. The summed E-state index contributed by atoms with van der Waals surface area (Å²) in [4.78, 5) is 24.6. The lowest BCUT2D eigenvalue weighted by atomic mass is 10.0. The molecule has 1 saturated heterocycles. The van der Waals surface area contributed by atoms with E-state index < -0.39 is 22.0 Å². The standard InChI is InChI=1S/C29H50N3O4PS/c1-2-3-4-5-6-7-8-9-10-11-12-13-14-15-16-19-28(33)30-25-20-22-26(23-21-25)38(35,36)31-29(34)27-18-17-24-32(27)37/h20-23,27H,2-19,24,37H2,1H3,(H,30,33)(H,31,34)/t27-/m0/s1. The fraction of sp³-hybridized carbons (Fsp3) is 0.724. The predicted molar refractivity (Wildman–Crippen MR) is 159 cm³/mol. The summed E-state index contributed by atoms with van der Waals surface area (Å²) in [5.74, 6) is -0.580. The fourth-order valence-corrected chi connectivity index (χ4v) is 6.41. The van der Waals surface area contributed by atoms with Gasteiger partial charge in [0.25, 0.3) is 15.9 Å². The van der Waals surface area contributed by atoms with Crippen molar-refractivity contribution in [2.75, 3.05) is 11.9 Å². The SMILES string of the molecule is CCCCCCCCCCCCCCCCCC(=O)Nc1ccc(S(=O)(=O)NC(=O)[C@@H]2CCCN2P)cc1. The molecule has 0 aliphatic carbocycles. The first kappa shape index (κ1) is 32.7. The summed E-state index contributed by atoms with van der Waals surface area (Å²) in [6, 6.07) is 5.48. The third-order valence-electron chi connectivity index (χ3n) is 7.29. The van der Waals surface area contributed by atoms with E-state index in [1.807, 2.05) is 0 Å². The quantitative estimate of drug-likeness (QED) is 0.131. The summed E-state index contributed by atoms with van der Waals surface area (Å²) in [5, 5.41) is 2.83. The van der Waals surface area contributed by atoms with Crippen LogP contribution in [0.15, 0.2) is 29.2 Å². The van der Waals surface area contributed by atoms with Gasteiger partial charge < -0.3 is 5.32 Å². The van der Waals surface area contributed by atoms with Gasteiger partial charge in [0.15, 0.2) is 0 Å². The van der Waals surface area contributed by atoms with E-state index in [4.69, 9.17) is 0 Å². The van der Waals surface area contributed by atoms with E-state index in [9.17, 15) is 18.0 Å². The predicted octanol–water partition coefficient (Wildman–Crippen LogP) is 6.95. The van der Waals surface area contributed by atoms with Crippen molar-refractivity contribution in [1.29, 1.82) is 0 Å². The number of anilines is 1. The Morgan fingerprint density at radius 1 is 0.842 bits per heavy atom. The number of nitrogens with one attached hydrogen (secondary N) is 2. The Balaban J connectivity index is 1.52.